The highest BCUT2D eigenvalue weighted by Gasteiger charge is 2.64. The van der Waals surface area contributed by atoms with Gasteiger partial charge in [0.25, 0.3) is 0 Å². The normalized spacial score (nSPS) is 49.8. The van der Waals surface area contributed by atoms with Gasteiger partial charge in [-0.1, -0.05) is 33.6 Å². The molecule has 4 rings (SSSR count). The fraction of sp³-hybridized carbons (Fsp3) is 1.00. The van der Waals surface area contributed by atoms with Crippen LogP contribution in [0.25, 0.3) is 0 Å². The SMILES string of the molecule is C[C@H](CCCC(C)(C)O)[C@H]1CC[C@H]2[C@@H]3CC[C@@]4(O)C[C@@H](O)CC[C@]4(C)[C@H]3CC[C@]12C. The molecule has 0 amide bonds. The van der Waals surface area contributed by atoms with Crippen LogP contribution in [-0.2, 0) is 0 Å². The molecule has 0 radical (unpaired) electrons. The van der Waals surface area contributed by atoms with Crippen molar-refractivity contribution in [1.29, 1.82) is 0 Å². The average molecular weight is 421 g/mol. The lowest BCUT2D eigenvalue weighted by Crippen LogP contribution is -2.62. The highest BCUT2D eigenvalue weighted by molar-refractivity contribution is 5.14. The minimum absolute atomic E-state index is 0.00706. The van der Waals surface area contributed by atoms with Gasteiger partial charge in [-0.15, -0.1) is 0 Å². The van der Waals surface area contributed by atoms with E-state index in [0.29, 0.717) is 17.8 Å². The van der Waals surface area contributed by atoms with Gasteiger partial charge in [-0.05, 0) is 112 Å². The average Bonchev–Trinajstić information content (AvgIpc) is 2.99. The third-order valence-electron chi connectivity index (χ3n) is 11.0. The molecular weight excluding hydrogens is 372 g/mol. The van der Waals surface area contributed by atoms with Crippen LogP contribution in [0.5, 0.6) is 0 Å². The Balaban J connectivity index is 1.47. The highest BCUT2D eigenvalue weighted by atomic mass is 16.3. The monoisotopic (exact) mass is 420 g/mol. The molecule has 0 heterocycles. The molecule has 4 fully saturated rings. The Morgan fingerprint density at radius 1 is 0.967 bits per heavy atom. The van der Waals surface area contributed by atoms with Gasteiger partial charge in [0.1, 0.15) is 0 Å². The van der Waals surface area contributed by atoms with Crippen molar-refractivity contribution < 1.29 is 15.3 Å². The number of hydrogen-bond acceptors (Lipinski definition) is 3. The van der Waals surface area contributed by atoms with E-state index >= 15 is 0 Å². The number of aliphatic hydroxyl groups is 3. The molecule has 4 aliphatic carbocycles. The maximum absolute atomic E-state index is 11.6. The second-order valence-electron chi connectivity index (χ2n) is 13.2. The van der Waals surface area contributed by atoms with Crippen LogP contribution in [0.4, 0.5) is 0 Å². The molecule has 0 aromatic carbocycles. The van der Waals surface area contributed by atoms with E-state index in [2.05, 4.69) is 20.8 Å². The lowest BCUT2D eigenvalue weighted by molar-refractivity contribution is -0.220. The van der Waals surface area contributed by atoms with Crippen LogP contribution in [0, 0.1) is 40.4 Å². The largest absolute Gasteiger partial charge is 0.393 e. The summed E-state index contributed by atoms with van der Waals surface area (Å²) in [5, 5.41) is 31.9. The van der Waals surface area contributed by atoms with Gasteiger partial charge in [-0.2, -0.15) is 0 Å². The first-order valence-electron chi connectivity index (χ1n) is 13.0. The Morgan fingerprint density at radius 3 is 2.40 bits per heavy atom. The van der Waals surface area contributed by atoms with Crippen molar-refractivity contribution in [1.82, 2.24) is 0 Å². The molecule has 0 aliphatic heterocycles. The number of fused-ring (bicyclic) bond motifs is 5. The molecule has 0 saturated heterocycles. The molecule has 0 unspecified atom stereocenters. The molecule has 4 saturated carbocycles. The van der Waals surface area contributed by atoms with Gasteiger partial charge >= 0.3 is 0 Å². The topological polar surface area (TPSA) is 60.7 Å². The second kappa shape index (κ2) is 7.73. The molecule has 30 heavy (non-hydrogen) atoms. The van der Waals surface area contributed by atoms with Crippen molar-refractivity contribution in [3.8, 4) is 0 Å². The summed E-state index contributed by atoms with van der Waals surface area (Å²) in [4.78, 5) is 0. The Morgan fingerprint density at radius 2 is 1.70 bits per heavy atom. The van der Waals surface area contributed by atoms with Crippen molar-refractivity contribution in [3.63, 3.8) is 0 Å². The zero-order valence-electron chi connectivity index (χ0n) is 20.3. The van der Waals surface area contributed by atoms with E-state index in [1.54, 1.807) is 0 Å². The third-order valence-corrected chi connectivity index (χ3v) is 11.0. The second-order valence-corrected chi connectivity index (χ2v) is 13.2. The van der Waals surface area contributed by atoms with Crippen molar-refractivity contribution >= 4 is 0 Å². The zero-order valence-corrected chi connectivity index (χ0v) is 20.3. The van der Waals surface area contributed by atoms with Crippen LogP contribution in [0.15, 0.2) is 0 Å². The van der Waals surface area contributed by atoms with E-state index in [4.69, 9.17) is 0 Å². The summed E-state index contributed by atoms with van der Waals surface area (Å²) >= 11 is 0. The molecule has 4 aliphatic rings. The number of rotatable bonds is 5. The van der Waals surface area contributed by atoms with Crippen LogP contribution < -0.4 is 0 Å². The Kier molecular flexibility index (Phi) is 5.94. The first-order chi connectivity index (χ1) is 13.9. The summed E-state index contributed by atoms with van der Waals surface area (Å²) in [6, 6.07) is 0. The molecule has 3 heteroatoms. The minimum Gasteiger partial charge on any atom is -0.393 e. The third kappa shape index (κ3) is 3.69. The van der Waals surface area contributed by atoms with E-state index in [-0.39, 0.29) is 11.5 Å². The van der Waals surface area contributed by atoms with Gasteiger partial charge < -0.3 is 15.3 Å². The molecule has 3 N–H and O–H groups in total. The van der Waals surface area contributed by atoms with Gasteiger partial charge in [0.05, 0.1) is 17.3 Å². The summed E-state index contributed by atoms with van der Waals surface area (Å²) in [7, 11) is 0. The lowest BCUT2D eigenvalue weighted by Gasteiger charge is -2.64. The molecular formula is C27H48O3. The Hall–Kier alpha value is -0.120. The summed E-state index contributed by atoms with van der Waals surface area (Å²) in [5.74, 6) is 3.75. The van der Waals surface area contributed by atoms with Gasteiger partial charge in [0.15, 0.2) is 0 Å². The minimum atomic E-state index is -0.651. The summed E-state index contributed by atoms with van der Waals surface area (Å²) < 4.78 is 0. The standard InChI is InChI=1S/C27H48O3/c1-18(7-6-13-24(2,3)29)21-8-9-22-20-11-16-27(30)17-19(28)10-15-26(27,5)23(20)12-14-25(21,22)4/h18-23,28-30H,6-17H2,1-5H3/t18-,19+,20+,21-,22+,23+,25-,26-,27-/m1/s1. The quantitative estimate of drug-likeness (QED) is 0.535. The number of hydrogen-bond donors (Lipinski definition) is 3. The van der Waals surface area contributed by atoms with Crippen molar-refractivity contribution in [2.45, 2.75) is 129 Å². The van der Waals surface area contributed by atoms with Crippen LogP contribution in [-0.4, -0.2) is 32.6 Å². The highest BCUT2D eigenvalue weighted by Crippen LogP contribution is 2.69. The van der Waals surface area contributed by atoms with Crippen molar-refractivity contribution in [2.24, 2.45) is 40.4 Å². The van der Waals surface area contributed by atoms with E-state index < -0.39 is 11.2 Å². The molecule has 0 aromatic heterocycles. The fourth-order valence-corrected chi connectivity index (χ4v) is 9.26. The summed E-state index contributed by atoms with van der Waals surface area (Å²) in [6.45, 7) is 11.3. The first-order valence-corrected chi connectivity index (χ1v) is 13.0. The van der Waals surface area contributed by atoms with E-state index in [0.717, 1.165) is 62.2 Å². The fourth-order valence-electron chi connectivity index (χ4n) is 9.26. The van der Waals surface area contributed by atoms with E-state index in [9.17, 15) is 15.3 Å². The molecule has 0 bridgehead atoms. The van der Waals surface area contributed by atoms with E-state index in [1.807, 2.05) is 13.8 Å². The van der Waals surface area contributed by atoms with Crippen LogP contribution in [0.1, 0.15) is 112 Å². The Labute approximate surface area is 185 Å². The molecule has 174 valence electrons. The predicted octanol–water partition coefficient (Wildman–Crippen LogP) is 5.70. The molecule has 0 aromatic rings. The van der Waals surface area contributed by atoms with Gasteiger partial charge in [0, 0.05) is 6.42 Å². The van der Waals surface area contributed by atoms with Crippen LogP contribution in [0.3, 0.4) is 0 Å². The predicted molar refractivity (Wildman–Crippen MR) is 122 cm³/mol. The lowest BCUT2D eigenvalue weighted by atomic mass is 9.43. The van der Waals surface area contributed by atoms with Crippen molar-refractivity contribution in [2.75, 3.05) is 0 Å². The number of aliphatic hydroxyl groups excluding tert-OH is 1. The summed E-state index contributed by atoms with van der Waals surface area (Å²) in [5.41, 5.74) is -0.744. The smallest absolute Gasteiger partial charge is 0.0728 e. The van der Waals surface area contributed by atoms with Gasteiger partial charge in [-0.3, -0.25) is 0 Å². The zero-order chi connectivity index (χ0) is 21.9. The molecule has 0 spiro atoms. The van der Waals surface area contributed by atoms with Crippen molar-refractivity contribution in [3.05, 3.63) is 0 Å². The molecule has 3 nitrogen and oxygen atoms in total. The van der Waals surface area contributed by atoms with Gasteiger partial charge in [0.2, 0.25) is 0 Å². The first kappa shape index (κ1) is 23.1. The summed E-state index contributed by atoms with van der Waals surface area (Å²) in [6.07, 6.45) is 12.8. The maximum Gasteiger partial charge on any atom is 0.0728 e. The van der Waals surface area contributed by atoms with Crippen LogP contribution in [0.2, 0.25) is 0 Å². The van der Waals surface area contributed by atoms with Crippen LogP contribution >= 0.6 is 0 Å². The Bertz CT molecular complexity index is 626. The molecule has 9 atom stereocenters. The van der Waals surface area contributed by atoms with Gasteiger partial charge in [-0.25, -0.2) is 0 Å². The van der Waals surface area contributed by atoms with E-state index in [1.165, 1.54) is 32.1 Å². The maximum atomic E-state index is 11.6.